The Morgan fingerprint density at radius 3 is 2.03 bits per heavy atom. The molecular weight excluding hydrogens is 490 g/mol. The first-order valence-corrected chi connectivity index (χ1v) is 8.76. The van der Waals surface area contributed by atoms with E-state index in [1.54, 1.807) is 6.07 Å². The topological polar surface area (TPSA) is 50.4 Å². The number of carbonyl (C=O) groups excluding carboxylic acids is 1. The van der Waals surface area contributed by atoms with Crippen LogP contribution >= 0.6 is 28.1 Å². The first-order valence-electron chi connectivity index (χ1n) is 7.56. The van der Waals surface area contributed by atoms with Crippen LogP contribution in [0, 0.1) is 0 Å². The molecule has 12 heteroatoms. The lowest BCUT2D eigenvalue weighted by Gasteiger charge is -2.16. The molecule has 29 heavy (non-hydrogen) atoms. The number of thiocarbonyl (C=S) groups is 1. The minimum Gasteiger partial charge on any atom is -0.496 e. The van der Waals surface area contributed by atoms with Gasteiger partial charge in [-0.2, -0.15) is 26.3 Å². The molecule has 0 aliphatic heterocycles. The Labute approximate surface area is 174 Å². The van der Waals surface area contributed by atoms with E-state index < -0.39 is 40.2 Å². The number of nitrogens with one attached hydrogen (secondary N) is 2. The van der Waals surface area contributed by atoms with Crippen LogP contribution in [0.15, 0.2) is 40.9 Å². The quantitative estimate of drug-likeness (QED) is 0.424. The van der Waals surface area contributed by atoms with Gasteiger partial charge < -0.3 is 10.1 Å². The number of hydrogen-bond donors (Lipinski definition) is 2. The molecule has 4 nitrogen and oxygen atoms in total. The van der Waals surface area contributed by atoms with E-state index in [0.717, 1.165) is 0 Å². The number of hydrogen-bond acceptors (Lipinski definition) is 3. The Kier molecular flexibility index (Phi) is 6.78. The molecular formula is C17H11BrF6N2O2S. The summed E-state index contributed by atoms with van der Waals surface area (Å²) in [5.41, 5.74) is -3.57. The molecule has 0 radical (unpaired) electrons. The molecule has 2 aromatic carbocycles. The van der Waals surface area contributed by atoms with E-state index in [1.165, 1.54) is 19.2 Å². The SMILES string of the molecule is COc1ccc(Br)cc1C(=O)NC(=S)Nc1cc(C(F)(F)F)cc(C(F)(F)F)c1. The monoisotopic (exact) mass is 500 g/mol. The first-order chi connectivity index (χ1) is 13.3. The minimum atomic E-state index is -5.01. The summed E-state index contributed by atoms with van der Waals surface area (Å²) in [6.07, 6.45) is -10.0. The van der Waals surface area contributed by atoms with E-state index in [1.807, 2.05) is 0 Å². The van der Waals surface area contributed by atoms with Crippen LogP contribution in [0.25, 0.3) is 0 Å². The van der Waals surface area contributed by atoms with Gasteiger partial charge in [0.05, 0.1) is 23.8 Å². The molecule has 2 rings (SSSR count). The van der Waals surface area contributed by atoms with Crippen molar-refractivity contribution in [1.82, 2.24) is 5.32 Å². The number of anilines is 1. The minimum absolute atomic E-state index is 0.0147. The third-order valence-corrected chi connectivity index (χ3v) is 4.18. The second-order valence-corrected chi connectivity index (χ2v) is 6.87. The van der Waals surface area contributed by atoms with Crippen LogP contribution in [0.3, 0.4) is 0 Å². The highest BCUT2D eigenvalue weighted by Crippen LogP contribution is 2.37. The Morgan fingerprint density at radius 2 is 1.55 bits per heavy atom. The van der Waals surface area contributed by atoms with E-state index in [0.29, 0.717) is 16.6 Å². The highest BCUT2D eigenvalue weighted by atomic mass is 79.9. The van der Waals surface area contributed by atoms with E-state index in [2.05, 4.69) is 26.6 Å². The molecule has 2 aromatic rings. The van der Waals surface area contributed by atoms with E-state index >= 15 is 0 Å². The molecule has 0 atom stereocenters. The number of benzene rings is 2. The summed E-state index contributed by atoms with van der Waals surface area (Å²) in [6, 6.07) is 5.38. The Hall–Kier alpha value is -2.34. The van der Waals surface area contributed by atoms with Crippen molar-refractivity contribution in [3.63, 3.8) is 0 Å². The van der Waals surface area contributed by atoms with Crippen LogP contribution in [0.1, 0.15) is 21.5 Å². The summed E-state index contributed by atoms with van der Waals surface area (Å²) in [6.45, 7) is 0. The summed E-state index contributed by atoms with van der Waals surface area (Å²) in [5, 5.41) is 3.85. The first kappa shape index (κ1) is 22.9. The van der Waals surface area contributed by atoms with Gasteiger partial charge >= 0.3 is 12.4 Å². The lowest BCUT2D eigenvalue weighted by Crippen LogP contribution is -2.34. The summed E-state index contributed by atoms with van der Waals surface area (Å²) >= 11 is 8.01. The zero-order valence-electron chi connectivity index (χ0n) is 14.3. The van der Waals surface area contributed by atoms with Gasteiger partial charge in [-0.15, -0.1) is 0 Å². The number of alkyl halides is 6. The summed E-state index contributed by atoms with van der Waals surface area (Å²) in [4.78, 5) is 12.3. The van der Waals surface area contributed by atoms with Crippen LogP contribution in [0.5, 0.6) is 5.75 Å². The lowest BCUT2D eigenvalue weighted by atomic mass is 10.1. The predicted molar refractivity (Wildman–Crippen MR) is 101 cm³/mol. The molecule has 0 saturated carbocycles. The molecule has 1 amide bonds. The average Bonchev–Trinajstić information content (AvgIpc) is 2.59. The predicted octanol–water partition coefficient (Wildman–Crippen LogP) is 5.62. The van der Waals surface area contributed by atoms with Crippen LogP contribution in [0.2, 0.25) is 0 Å². The van der Waals surface area contributed by atoms with Crippen LogP contribution in [-0.2, 0) is 12.4 Å². The Balaban J connectivity index is 2.26. The third-order valence-electron chi connectivity index (χ3n) is 3.48. The van der Waals surface area contributed by atoms with Crippen molar-refractivity contribution in [3.05, 3.63) is 57.6 Å². The van der Waals surface area contributed by atoms with E-state index in [-0.39, 0.29) is 17.4 Å². The van der Waals surface area contributed by atoms with E-state index in [9.17, 15) is 31.1 Å². The van der Waals surface area contributed by atoms with Crippen molar-refractivity contribution in [2.75, 3.05) is 12.4 Å². The van der Waals surface area contributed by atoms with Gasteiger partial charge in [-0.05, 0) is 48.6 Å². The van der Waals surface area contributed by atoms with Crippen molar-refractivity contribution < 1.29 is 35.9 Å². The van der Waals surface area contributed by atoms with E-state index in [4.69, 9.17) is 17.0 Å². The number of ether oxygens (including phenoxy) is 1. The van der Waals surface area contributed by atoms with Crippen molar-refractivity contribution >= 4 is 44.9 Å². The zero-order valence-corrected chi connectivity index (χ0v) is 16.7. The van der Waals surface area contributed by atoms with Gasteiger partial charge in [0.1, 0.15) is 5.75 Å². The van der Waals surface area contributed by atoms with Gasteiger partial charge in [0, 0.05) is 10.2 Å². The molecule has 156 valence electrons. The highest BCUT2D eigenvalue weighted by molar-refractivity contribution is 9.10. The summed E-state index contributed by atoms with van der Waals surface area (Å²) in [5.74, 6) is -0.587. The molecule has 0 bridgehead atoms. The molecule has 0 aliphatic rings. The molecule has 0 heterocycles. The summed E-state index contributed by atoms with van der Waals surface area (Å²) in [7, 11) is 1.32. The fraction of sp³-hybridized carbons (Fsp3) is 0.176. The Morgan fingerprint density at radius 1 is 1.00 bits per heavy atom. The van der Waals surface area contributed by atoms with Crippen molar-refractivity contribution in [1.29, 1.82) is 0 Å². The van der Waals surface area contributed by atoms with Crippen molar-refractivity contribution in [2.45, 2.75) is 12.4 Å². The number of carbonyl (C=O) groups is 1. The second-order valence-electron chi connectivity index (χ2n) is 5.55. The molecule has 2 N–H and O–H groups in total. The highest BCUT2D eigenvalue weighted by Gasteiger charge is 2.37. The van der Waals surface area contributed by atoms with Gasteiger partial charge in [-0.25, -0.2) is 0 Å². The van der Waals surface area contributed by atoms with Crippen LogP contribution < -0.4 is 15.4 Å². The largest absolute Gasteiger partial charge is 0.496 e. The van der Waals surface area contributed by atoms with Gasteiger partial charge in [0.15, 0.2) is 5.11 Å². The maximum absolute atomic E-state index is 12.9. The normalized spacial score (nSPS) is 11.7. The number of rotatable bonds is 3. The number of amides is 1. The van der Waals surface area contributed by atoms with Crippen molar-refractivity contribution in [2.24, 2.45) is 0 Å². The Bertz CT molecular complexity index is 914. The smallest absolute Gasteiger partial charge is 0.416 e. The van der Waals surface area contributed by atoms with Crippen LogP contribution in [0.4, 0.5) is 32.0 Å². The molecule has 0 fully saturated rings. The molecule has 0 unspecified atom stereocenters. The number of halogens is 7. The lowest BCUT2D eigenvalue weighted by molar-refractivity contribution is -0.143. The van der Waals surface area contributed by atoms with Crippen LogP contribution in [-0.4, -0.2) is 18.1 Å². The van der Waals surface area contributed by atoms with Gasteiger partial charge in [0.25, 0.3) is 5.91 Å². The summed E-state index contributed by atoms with van der Waals surface area (Å²) < 4.78 is 83.0. The number of methoxy groups -OCH3 is 1. The van der Waals surface area contributed by atoms with Gasteiger partial charge in [-0.1, -0.05) is 15.9 Å². The fourth-order valence-electron chi connectivity index (χ4n) is 2.22. The standard InChI is InChI=1S/C17H11BrF6N2O2S/c1-28-13-3-2-10(18)7-12(13)14(27)26-15(29)25-11-5-8(16(19,20)21)4-9(6-11)17(22,23)24/h2-7H,1H3,(H2,25,26,27,29). The maximum Gasteiger partial charge on any atom is 0.416 e. The van der Waals surface area contributed by atoms with Gasteiger partial charge in [-0.3, -0.25) is 10.1 Å². The maximum atomic E-state index is 12.9. The van der Waals surface area contributed by atoms with Gasteiger partial charge in [0.2, 0.25) is 0 Å². The molecule has 0 saturated heterocycles. The second kappa shape index (κ2) is 8.57. The molecule has 0 spiro atoms. The molecule has 0 aromatic heterocycles. The zero-order chi connectivity index (χ0) is 22.0. The fourth-order valence-corrected chi connectivity index (χ4v) is 2.79. The third kappa shape index (κ3) is 6.07. The average molecular weight is 501 g/mol. The van der Waals surface area contributed by atoms with Crippen molar-refractivity contribution in [3.8, 4) is 5.75 Å². The molecule has 0 aliphatic carbocycles.